The van der Waals surface area contributed by atoms with Crippen LogP contribution in [0.25, 0.3) is 10.9 Å². The number of benzene rings is 1. The number of piperidine rings is 1. The van der Waals surface area contributed by atoms with Crippen LogP contribution in [0.1, 0.15) is 19.8 Å². The summed E-state index contributed by atoms with van der Waals surface area (Å²) in [5, 5.41) is 0.694. The lowest BCUT2D eigenvalue weighted by Crippen LogP contribution is -2.37. The number of anilines is 1. The first-order valence-corrected chi connectivity index (χ1v) is 6.87. The van der Waals surface area contributed by atoms with Gasteiger partial charge in [-0.1, -0.05) is 19.1 Å². The molecule has 0 unspecified atom stereocenters. The summed E-state index contributed by atoms with van der Waals surface area (Å²) in [6.45, 7) is 4.25. The van der Waals surface area contributed by atoms with Crippen molar-refractivity contribution in [2.45, 2.75) is 19.8 Å². The summed E-state index contributed by atoms with van der Waals surface area (Å²) in [5.41, 5.74) is 0.832. The van der Waals surface area contributed by atoms with Gasteiger partial charge in [-0.15, -0.1) is 0 Å². The summed E-state index contributed by atoms with van der Waals surface area (Å²) >= 11 is 0. The molecule has 3 rings (SSSR count). The highest BCUT2D eigenvalue weighted by atomic mass is 16.1. The Kier molecular flexibility index (Phi) is 3.01. The first kappa shape index (κ1) is 12.2. The average Bonchev–Trinajstić information content (AvgIpc) is 2.44. The molecule has 1 aliphatic heterocycles. The third kappa shape index (κ3) is 2.11. The maximum atomic E-state index is 12.4. The number of hydrogen-bond acceptors (Lipinski definition) is 3. The quantitative estimate of drug-likeness (QED) is 0.786. The van der Waals surface area contributed by atoms with Gasteiger partial charge >= 0.3 is 0 Å². The molecule has 0 N–H and O–H groups in total. The Morgan fingerprint density at radius 1 is 1.21 bits per heavy atom. The maximum absolute atomic E-state index is 12.4. The number of rotatable bonds is 1. The molecule has 1 fully saturated rings. The molecule has 1 saturated heterocycles. The predicted molar refractivity (Wildman–Crippen MR) is 77.6 cm³/mol. The second kappa shape index (κ2) is 4.68. The molecule has 1 aliphatic rings. The summed E-state index contributed by atoms with van der Waals surface area (Å²) in [4.78, 5) is 19.3. The van der Waals surface area contributed by atoms with Crippen molar-refractivity contribution in [2.75, 3.05) is 18.0 Å². The molecule has 0 saturated carbocycles. The fourth-order valence-electron chi connectivity index (χ4n) is 2.70. The zero-order valence-electron chi connectivity index (χ0n) is 11.5. The highest BCUT2D eigenvalue weighted by molar-refractivity contribution is 5.78. The fraction of sp³-hybridized carbons (Fsp3) is 0.467. The second-order valence-corrected chi connectivity index (χ2v) is 5.46. The second-order valence-electron chi connectivity index (χ2n) is 5.46. The highest BCUT2D eigenvalue weighted by Crippen LogP contribution is 2.21. The van der Waals surface area contributed by atoms with Gasteiger partial charge in [-0.25, -0.2) is 4.98 Å². The van der Waals surface area contributed by atoms with Crippen molar-refractivity contribution in [3.63, 3.8) is 0 Å². The van der Waals surface area contributed by atoms with E-state index < -0.39 is 0 Å². The molecule has 1 aromatic heterocycles. The van der Waals surface area contributed by atoms with E-state index in [-0.39, 0.29) is 5.56 Å². The summed E-state index contributed by atoms with van der Waals surface area (Å²) in [6.07, 6.45) is 2.34. The van der Waals surface area contributed by atoms with Crippen LogP contribution in [0.15, 0.2) is 29.1 Å². The summed E-state index contributed by atoms with van der Waals surface area (Å²) < 4.78 is 1.68. The van der Waals surface area contributed by atoms with Gasteiger partial charge in [0.25, 0.3) is 5.56 Å². The lowest BCUT2D eigenvalue weighted by Gasteiger charge is -2.32. The summed E-state index contributed by atoms with van der Waals surface area (Å²) in [7, 11) is 1.81. The third-order valence-corrected chi connectivity index (χ3v) is 4.03. The number of nitrogens with zero attached hydrogens (tertiary/aromatic N) is 3. The Morgan fingerprint density at radius 2 is 1.89 bits per heavy atom. The molecular formula is C15H19N3O. The van der Waals surface area contributed by atoms with E-state index in [4.69, 9.17) is 0 Å². The van der Waals surface area contributed by atoms with Gasteiger partial charge in [-0.2, -0.15) is 0 Å². The summed E-state index contributed by atoms with van der Waals surface area (Å²) in [5.74, 6) is 1.57. The molecule has 1 aromatic carbocycles. The lowest BCUT2D eigenvalue weighted by atomic mass is 10.00. The van der Waals surface area contributed by atoms with Crippen LogP contribution >= 0.6 is 0 Å². The normalized spacial score (nSPS) is 17.1. The molecule has 0 radical (unpaired) electrons. The van der Waals surface area contributed by atoms with Crippen LogP contribution in [-0.2, 0) is 7.05 Å². The van der Waals surface area contributed by atoms with Gasteiger partial charge in [0.1, 0.15) is 0 Å². The standard InChI is InChI=1S/C15H19N3O/c1-11-7-9-18(10-8-11)15-16-13-6-4-3-5-12(13)14(19)17(15)2/h3-6,11H,7-10H2,1-2H3. The largest absolute Gasteiger partial charge is 0.342 e. The molecule has 0 amide bonds. The first-order valence-electron chi connectivity index (χ1n) is 6.87. The molecule has 0 bridgehead atoms. The molecule has 0 aliphatic carbocycles. The van der Waals surface area contributed by atoms with E-state index in [1.165, 1.54) is 12.8 Å². The van der Waals surface area contributed by atoms with Gasteiger partial charge in [0.15, 0.2) is 0 Å². The van der Waals surface area contributed by atoms with Crippen molar-refractivity contribution in [1.29, 1.82) is 0 Å². The van der Waals surface area contributed by atoms with Crippen molar-refractivity contribution in [2.24, 2.45) is 13.0 Å². The minimum atomic E-state index is 0.0409. The molecular weight excluding hydrogens is 238 g/mol. The zero-order chi connectivity index (χ0) is 13.4. The van der Waals surface area contributed by atoms with Gasteiger partial charge in [0.2, 0.25) is 5.95 Å². The van der Waals surface area contributed by atoms with Gasteiger partial charge < -0.3 is 4.90 Å². The van der Waals surface area contributed by atoms with E-state index >= 15 is 0 Å². The number of fused-ring (bicyclic) bond motifs is 1. The molecule has 19 heavy (non-hydrogen) atoms. The Balaban J connectivity index is 2.09. The van der Waals surface area contributed by atoms with Crippen LogP contribution in [0.3, 0.4) is 0 Å². The van der Waals surface area contributed by atoms with Crippen LogP contribution in [0.4, 0.5) is 5.95 Å². The van der Waals surface area contributed by atoms with Gasteiger partial charge in [0.05, 0.1) is 10.9 Å². The van der Waals surface area contributed by atoms with E-state index in [0.29, 0.717) is 5.39 Å². The first-order chi connectivity index (χ1) is 9.16. The SMILES string of the molecule is CC1CCN(c2nc3ccccc3c(=O)n2C)CC1. The van der Waals surface area contributed by atoms with E-state index in [1.807, 2.05) is 31.3 Å². The molecule has 2 heterocycles. The average molecular weight is 257 g/mol. The van der Waals surface area contributed by atoms with Crippen molar-refractivity contribution in [1.82, 2.24) is 9.55 Å². The molecule has 2 aromatic rings. The minimum Gasteiger partial charge on any atom is -0.342 e. The highest BCUT2D eigenvalue weighted by Gasteiger charge is 2.20. The monoisotopic (exact) mass is 257 g/mol. The molecule has 0 spiro atoms. The fourth-order valence-corrected chi connectivity index (χ4v) is 2.70. The summed E-state index contributed by atoms with van der Waals surface area (Å²) in [6, 6.07) is 7.56. The maximum Gasteiger partial charge on any atom is 0.262 e. The van der Waals surface area contributed by atoms with Crippen molar-refractivity contribution >= 4 is 16.9 Å². The van der Waals surface area contributed by atoms with Crippen molar-refractivity contribution in [3.05, 3.63) is 34.6 Å². The van der Waals surface area contributed by atoms with Crippen LogP contribution in [0.5, 0.6) is 0 Å². The van der Waals surface area contributed by atoms with Gasteiger partial charge in [0, 0.05) is 20.1 Å². The third-order valence-electron chi connectivity index (χ3n) is 4.03. The van der Waals surface area contributed by atoms with E-state index in [0.717, 1.165) is 30.5 Å². The van der Waals surface area contributed by atoms with Crippen LogP contribution < -0.4 is 10.5 Å². The zero-order valence-corrected chi connectivity index (χ0v) is 11.5. The van der Waals surface area contributed by atoms with Crippen molar-refractivity contribution in [3.8, 4) is 0 Å². The minimum absolute atomic E-state index is 0.0409. The molecule has 4 nitrogen and oxygen atoms in total. The Labute approximate surface area is 112 Å². The number of para-hydroxylation sites is 1. The van der Waals surface area contributed by atoms with Gasteiger partial charge in [-0.05, 0) is 30.9 Å². The smallest absolute Gasteiger partial charge is 0.262 e. The topological polar surface area (TPSA) is 38.1 Å². The molecule has 100 valence electrons. The number of aromatic nitrogens is 2. The number of hydrogen-bond donors (Lipinski definition) is 0. The Hall–Kier alpha value is -1.84. The van der Waals surface area contributed by atoms with E-state index in [9.17, 15) is 4.79 Å². The molecule has 0 atom stereocenters. The van der Waals surface area contributed by atoms with Gasteiger partial charge in [-0.3, -0.25) is 9.36 Å². The Bertz CT molecular complexity index is 654. The van der Waals surface area contributed by atoms with Crippen LogP contribution in [0.2, 0.25) is 0 Å². The predicted octanol–water partition coefficient (Wildman–Crippen LogP) is 2.17. The van der Waals surface area contributed by atoms with Crippen LogP contribution in [0, 0.1) is 5.92 Å². The molecule has 4 heteroatoms. The van der Waals surface area contributed by atoms with Crippen LogP contribution in [-0.4, -0.2) is 22.6 Å². The van der Waals surface area contributed by atoms with Crippen molar-refractivity contribution < 1.29 is 0 Å². The Morgan fingerprint density at radius 3 is 2.63 bits per heavy atom. The van der Waals surface area contributed by atoms with E-state index in [2.05, 4.69) is 16.8 Å². The van der Waals surface area contributed by atoms with E-state index in [1.54, 1.807) is 4.57 Å². The lowest BCUT2D eigenvalue weighted by molar-refractivity contribution is 0.431.